The topological polar surface area (TPSA) is 41.1 Å². The van der Waals surface area contributed by atoms with E-state index in [4.69, 9.17) is 0 Å². The Hall–Kier alpha value is -0.870. The minimum Gasteiger partial charge on any atom is -0.356 e. The van der Waals surface area contributed by atoms with E-state index < -0.39 is 0 Å². The summed E-state index contributed by atoms with van der Waals surface area (Å²) < 4.78 is 0. The van der Waals surface area contributed by atoms with Crippen molar-refractivity contribution in [1.29, 1.82) is 0 Å². The molecule has 1 aromatic heterocycles. The summed E-state index contributed by atoms with van der Waals surface area (Å²) in [5.41, 5.74) is 0. The molecule has 0 radical (unpaired) electrons. The van der Waals surface area contributed by atoms with Gasteiger partial charge in [-0.1, -0.05) is 6.07 Å². The van der Waals surface area contributed by atoms with E-state index in [1.54, 1.807) is 11.3 Å². The van der Waals surface area contributed by atoms with Crippen LogP contribution in [0.5, 0.6) is 0 Å². The molecule has 1 aliphatic rings. The zero-order valence-electron chi connectivity index (χ0n) is 9.37. The minimum atomic E-state index is 0.181. The molecule has 1 aliphatic heterocycles. The van der Waals surface area contributed by atoms with E-state index in [1.807, 2.05) is 6.07 Å². The molecular weight excluding hydrogens is 220 g/mol. The number of aryl methyl sites for hydroxylation is 1. The Labute approximate surface area is 100 Å². The third-order valence-corrected chi connectivity index (χ3v) is 3.87. The Morgan fingerprint density at radius 3 is 3.25 bits per heavy atom. The number of carbonyl (C=O) groups excluding carboxylic acids is 1. The number of carbonyl (C=O) groups is 1. The lowest BCUT2D eigenvalue weighted by Gasteiger charge is -2.09. The fourth-order valence-corrected chi connectivity index (χ4v) is 2.64. The standard InChI is InChI=1S/C12H18N2OS/c15-12(4-3-11-2-1-7-16-11)14-9-10-5-6-13-8-10/h1-2,7,10,13H,3-6,8-9H2,(H,14,15). The molecule has 2 N–H and O–H groups in total. The quantitative estimate of drug-likeness (QED) is 0.814. The Balaban J connectivity index is 1.60. The number of nitrogens with one attached hydrogen (secondary N) is 2. The number of rotatable bonds is 5. The predicted molar refractivity (Wildman–Crippen MR) is 66.6 cm³/mol. The molecule has 0 saturated carbocycles. The van der Waals surface area contributed by atoms with E-state index in [1.165, 1.54) is 11.3 Å². The van der Waals surface area contributed by atoms with Crippen LogP contribution < -0.4 is 10.6 Å². The van der Waals surface area contributed by atoms with Gasteiger partial charge in [0.25, 0.3) is 0 Å². The van der Waals surface area contributed by atoms with Gasteiger partial charge in [-0.25, -0.2) is 0 Å². The minimum absolute atomic E-state index is 0.181. The molecule has 0 aromatic carbocycles. The molecule has 1 amide bonds. The van der Waals surface area contributed by atoms with Crippen molar-refractivity contribution in [2.75, 3.05) is 19.6 Å². The number of hydrogen-bond donors (Lipinski definition) is 2. The summed E-state index contributed by atoms with van der Waals surface area (Å²) in [5.74, 6) is 0.811. The summed E-state index contributed by atoms with van der Waals surface area (Å²) >= 11 is 1.72. The molecule has 1 atom stereocenters. The van der Waals surface area contributed by atoms with Gasteiger partial charge in [-0.15, -0.1) is 11.3 Å². The zero-order chi connectivity index (χ0) is 11.2. The van der Waals surface area contributed by atoms with Gasteiger partial charge in [0.1, 0.15) is 0 Å². The van der Waals surface area contributed by atoms with Crippen molar-refractivity contribution >= 4 is 17.2 Å². The van der Waals surface area contributed by atoms with Crippen molar-refractivity contribution < 1.29 is 4.79 Å². The second kappa shape index (κ2) is 6.01. The van der Waals surface area contributed by atoms with Crippen LogP contribution in [0.3, 0.4) is 0 Å². The van der Waals surface area contributed by atoms with E-state index >= 15 is 0 Å². The van der Waals surface area contributed by atoms with Crippen LogP contribution in [-0.2, 0) is 11.2 Å². The number of hydrogen-bond acceptors (Lipinski definition) is 3. The lowest BCUT2D eigenvalue weighted by molar-refractivity contribution is -0.121. The molecule has 4 heteroatoms. The van der Waals surface area contributed by atoms with Gasteiger partial charge in [-0.05, 0) is 43.3 Å². The van der Waals surface area contributed by atoms with Crippen LogP contribution in [0.1, 0.15) is 17.7 Å². The van der Waals surface area contributed by atoms with E-state index in [0.717, 1.165) is 26.1 Å². The van der Waals surface area contributed by atoms with Gasteiger partial charge in [0, 0.05) is 17.8 Å². The summed E-state index contributed by atoms with van der Waals surface area (Å²) in [6.45, 7) is 2.97. The maximum Gasteiger partial charge on any atom is 0.220 e. The van der Waals surface area contributed by atoms with Gasteiger partial charge in [0.05, 0.1) is 0 Å². The van der Waals surface area contributed by atoms with Crippen LogP contribution in [0.4, 0.5) is 0 Å². The van der Waals surface area contributed by atoms with Crippen molar-refractivity contribution in [3.8, 4) is 0 Å². The van der Waals surface area contributed by atoms with E-state index in [-0.39, 0.29) is 5.91 Å². The molecule has 88 valence electrons. The molecule has 1 unspecified atom stereocenters. The molecule has 3 nitrogen and oxygen atoms in total. The number of thiophene rings is 1. The summed E-state index contributed by atoms with van der Waals surface area (Å²) in [6.07, 6.45) is 2.66. The van der Waals surface area contributed by atoms with Crippen LogP contribution in [0.2, 0.25) is 0 Å². The smallest absolute Gasteiger partial charge is 0.220 e. The highest BCUT2D eigenvalue weighted by Crippen LogP contribution is 2.11. The molecule has 2 heterocycles. The highest BCUT2D eigenvalue weighted by molar-refractivity contribution is 7.09. The third-order valence-electron chi connectivity index (χ3n) is 2.93. The first kappa shape index (κ1) is 11.6. The third kappa shape index (κ3) is 3.61. The lowest BCUT2D eigenvalue weighted by atomic mass is 10.1. The Bertz CT molecular complexity index is 318. The van der Waals surface area contributed by atoms with Crippen LogP contribution in [0, 0.1) is 5.92 Å². The first-order valence-electron chi connectivity index (χ1n) is 5.84. The van der Waals surface area contributed by atoms with Gasteiger partial charge in [0.15, 0.2) is 0 Å². The van der Waals surface area contributed by atoms with E-state index in [0.29, 0.717) is 12.3 Å². The van der Waals surface area contributed by atoms with E-state index in [9.17, 15) is 4.79 Å². The molecule has 1 fully saturated rings. The van der Waals surface area contributed by atoms with Crippen LogP contribution in [0.25, 0.3) is 0 Å². The van der Waals surface area contributed by atoms with Gasteiger partial charge < -0.3 is 10.6 Å². The first-order valence-corrected chi connectivity index (χ1v) is 6.72. The average molecular weight is 238 g/mol. The molecule has 16 heavy (non-hydrogen) atoms. The van der Waals surface area contributed by atoms with Gasteiger partial charge in [-0.3, -0.25) is 4.79 Å². The highest BCUT2D eigenvalue weighted by Gasteiger charge is 2.14. The fraction of sp³-hybridized carbons (Fsp3) is 0.583. The predicted octanol–water partition coefficient (Wildman–Crippen LogP) is 1.41. The second-order valence-electron chi connectivity index (χ2n) is 4.24. The number of amides is 1. The molecular formula is C12H18N2OS. The lowest BCUT2D eigenvalue weighted by Crippen LogP contribution is -2.30. The van der Waals surface area contributed by atoms with Crippen molar-refractivity contribution in [2.24, 2.45) is 5.92 Å². The van der Waals surface area contributed by atoms with E-state index in [2.05, 4.69) is 22.1 Å². The zero-order valence-corrected chi connectivity index (χ0v) is 10.2. The molecule has 2 rings (SSSR count). The SMILES string of the molecule is O=C(CCc1cccs1)NCC1CCNC1. The maximum atomic E-state index is 11.6. The Morgan fingerprint density at radius 2 is 2.56 bits per heavy atom. The largest absolute Gasteiger partial charge is 0.356 e. The van der Waals surface area contributed by atoms with Crippen molar-refractivity contribution in [3.05, 3.63) is 22.4 Å². The summed E-state index contributed by atoms with van der Waals surface area (Å²) in [4.78, 5) is 12.9. The molecule has 0 bridgehead atoms. The Morgan fingerprint density at radius 1 is 1.62 bits per heavy atom. The Kier molecular flexibility index (Phi) is 4.36. The summed E-state index contributed by atoms with van der Waals surface area (Å²) in [5, 5.41) is 8.37. The normalized spacial score (nSPS) is 19.9. The average Bonchev–Trinajstić information content (AvgIpc) is 2.96. The second-order valence-corrected chi connectivity index (χ2v) is 5.27. The molecule has 1 saturated heterocycles. The van der Waals surface area contributed by atoms with Crippen molar-refractivity contribution in [1.82, 2.24) is 10.6 Å². The maximum absolute atomic E-state index is 11.6. The van der Waals surface area contributed by atoms with Crippen molar-refractivity contribution in [2.45, 2.75) is 19.3 Å². The van der Waals surface area contributed by atoms with Gasteiger partial charge in [0.2, 0.25) is 5.91 Å². The molecule has 1 aromatic rings. The highest BCUT2D eigenvalue weighted by atomic mass is 32.1. The summed E-state index contributed by atoms with van der Waals surface area (Å²) in [7, 11) is 0. The van der Waals surface area contributed by atoms with Gasteiger partial charge in [-0.2, -0.15) is 0 Å². The summed E-state index contributed by atoms with van der Waals surface area (Å²) in [6, 6.07) is 4.11. The van der Waals surface area contributed by atoms with Gasteiger partial charge >= 0.3 is 0 Å². The first-order chi connectivity index (χ1) is 7.84. The molecule has 0 aliphatic carbocycles. The van der Waals surface area contributed by atoms with Crippen LogP contribution in [-0.4, -0.2) is 25.5 Å². The van der Waals surface area contributed by atoms with Crippen molar-refractivity contribution in [3.63, 3.8) is 0 Å². The van der Waals surface area contributed by atoms with Crippen LogP contribution in [0.15, 0.2) is 17.5 Å². The fourth-order valence-electron chi connectivity index (χ4n) is 1.93. The van der Waals surface area contributed by atoms with Crippen LogP contribution >= 0.6 is 11.3 Å². The monoisotopic (exact) mass is 238 g/mol. The molecule has 0 spiro atoms.